The predicted molar refractivity (Wildman–Crippen MR) is 202 cm³/mol. The number of ether oxygens (including phenoxy) is 2. The molecule has 0 aliphatic carbocycles. The summed E-state index contributed by atoms with van der Waals surface area (Å²) in [5.74, 6) is 5.61. The smallest absolute Gasteiger partial charge is 0.408 e. The van der Waals surface area contributed by atoms with Gasteiger partial charge < -0.3 is 30.7 Å². The molecule has 0 bridgehead atoms. The van der Waals surface area contributed by atoms with Gasteiger partial charge in [0.05, 0.1) is 5.56 Å². The summed E-state index contributed by atoms with van der Waals surface area (Å²) in [7, 11) is 1.80. The fourth-order valence-corrected chi connectivity index (χ4v) is 6.05. The molecule has 12 heteroatoms. The molecule has 4 N–H and O–H groups in total. The molecule has 1 aliphatic heterocycles. The largest absolute Gasteiger partial charge is 0.483 e. The number of nitrogens with zero attached hydrogens (tertiary/aromatic N) is 3. The van der Waals surface area contributed by atoms with Crippen molar-refractivity contribution in [2.24, 2.45) is 12.8 Å². The van der Waals surface area contributed by atoms with Crippen molar-refractivity contribution in [3.63, 3.8) is 0 Å². The highest BCUT2D eigenvalue weighted by atomic mass is 16.6. The Hall–Kier alpha value is -6.09. The number of anilines is 1. The monoisotopic (exact) mass is 718 g/mol. The summed E-state index contributed by atoms with van der Waals surface area (Å²) in [4.78, 5) is 53.5. The van der Waals surface area contributed by atoms with E-state index in [1.54, 1.807) is 67.7 Å². The van der Waals surface area contributed by atoms with Crippen molar-refractivity contribution in [2.75, 3.05) is 18.5 Å². The van der Waals surface area contributed by atoms with Crippen LogP contribution in [0, 0.1) is 18.8 Å². The molecule has 0 saturated carbocycles. The number of carbonyl (C=O) groups excluding carboxylic acids is 4. The van der Waals surface area contributed by atoms with Gasteiger partial charge in [0, 0.05) is 43.0 Å². The second-order valence-corrected chi connectivity index (χ2v) is 14.1. The molecule has 4 amide bonds. The summed E-state index contributed by atoms with van der Waals surface area (Å²) in [6.07, 6.45) is 3.40. The molecule has 2 heterocycles. The van der Waals surface area contributed by atoms with Crippen LogP contribution in [-0.4, -0.2) is 69.3 Å². The summed E-state index contributed by atoms with van der Waals surface area (Å²) in [5, 5.41) is 10.3. The number of primary amides is 1. The van der Waals surface area contributed by atoms with Crippen LogP contribution < -0.4 is 21.1 Å². The number of likely N-dealkylation sites (tertiary alicyclic amines) is 1. The van der Waals surface area contributed by atoms with Crippen LogP contribution in [0.4, 0.5) is 10.5 Å². The molecule has 1 saturated heterocycles. The minimum atomic E-state index is -0.918. The van der Waals surface area contributed by atoms with E-state index in [0.717, 1.165) is 24.0 Å². The van der Waals surface area contributed by atoms with Crippen molar-refractivity contribution >= 4 is 29.5 Å². The molecule has 53 heavy (non-hydrogen) atoms. The second kappa shape index (κ2) is 17.0. The van der Waals surface area contributed by atoms with Gasteiger partial charge in [0.25, 0.3) is 5.91 Å². The molecular formula is C41H46N6O6. The Kier molecular flexibility index (Phi) is 12.2. The Bertz CT molecular complexity index is 2010. The van der Waals surface area contributed by atoms with Crippen LogP contribution in [0.2, 0.25) is 0 Å². The zero-order valence-corrected chi connectivity index (χ0v) is 30.8. The van der Waals surface area contributed by atoms with Crippen LogP contribution in [-0.2, 0) is 32.6 Å². The van der Waals surface area contributed by atoms with E-state index in [2.05, 4.69) is 27.6 Å². The number of benzene rings is 3. The maximum absolute atomic E-state index is 14.0. The van der Waals surface area contributed by atoms with E-state index in [-0.39, 0.29) is 24.8 Å². The zero-order valence-electron chi connectivity index (χ0n) is 30.8. The van der Waals surface area contributed by atoms with Crippen molar-refractivity contribution < 1.29 is 28.7 Å². The minimum Gasteiger partial charge on any atom is -0.483 e. The standard InChI is InChI=1S/C41H46N6O6/c1-27-14-21-35(52-26-36(42)48)32(23-27)37-30(25-46(5)45-37)18-15-28-16-19-31(20-17-28)43-38(49)34-13-9-10-22-47(34)39(50)33(24-29-11-7-6-8-12-29)44-40(51)53-41(2,3)4/h6-8,11-12,14,16-17,19-21,23,25,33-34H,9-10,13,22,24,26H2,1-5H3,(H2,42,48)(H,43,49)(H,44,51)/t33-,34?/m0/s1. The quantitative estimate of drug-likeness (QED) is 0.192. The summed E-state index contributed by atoms with van der Waals surface area (Å²) in [6.45, 7) is 7.36. The molecule has 276 valence electrons. The van der Waals surface area contributed by atoms with E-state index in [0.29, 0.717) is 46.8 Å². The maximum atomic E-state index is 14.0. The first-order valence-electron chi connectivity index (χ1n) is 17.6. The van der Waals surface area contributed by atoms with E-state index < -0.39 is 29.7 Å². The lowest BCUT2D eigenvalue weighted by molar-refractivity contribution is -0.142. The lowest BCUT2D eigenvalue weighted by Gasteiger charge is -2.37. The molecule has 1 fully saturated rings. The van der Waals surface area contributed by atoms with Crippen LogP contribution in [0.5, 0.6) is 5.75 Å². The van der Waals surface area contributed by atoms with E-state index >= 15 is 0 Å². The van der Waals surface area contributed by atoms with Crippen LogP contribution >= 0.6 is 0 Å². The van der Waals surface area contributed by atoms with Gasteiger partial charge in [0.15, 0.2) is 6.61 Å². The fraction of sp³-hybridized carbons (Fsp3) is 0.341. The Morgan fingerprint density at radius 1 is 1.00 bits per heavy atom. The highest BCUT2D eigenvalue weighted by Crippen LogP contribution is 2.32. The van der Waals surface area contributed by atoms with Gasteiger partial charge in [-0.2, -0.15) is 5.10 Å². The molecule has 3 aromatic carbocycles. The molecule has 0 spiro atoms. The normalized spacial score (nSPS) is 14.7. The number of aryl methyl sites for hydroxylation is 2. The van der Waals surface area contributed by atoms with E-state index in [9.17, 15) is 19.2 Å². The highest BCUT2D eigenvalue weighted by Gasteiger charge is 2.37. The van der Waals surface area contributed by atoms with Crippen LogP contribution in [0.25, 0.3) is 11.3 Å². The SMILES string of the molecule is Cc1ccc(OCC(N)=O)c(-c2nn(C)cc2C#Cc2ccc(NC(=O)C3CCCCN3C(=O)[C@H](Cc3ccccc3)NC(=O)OC(C)(C)C)cc2)c1. The molecule has 1 aromatic heterocycles. The molecule has 5 rings (SSSR count). The number of piperidine rings is 1. The number of aromatic nitrogens is 2. The van der Waals surface area contributed by atoms with Gasteiger partial charge >= 0.3 is 6.09 Å². The van der Waals surface area contributed by atoms with Crippen molar-refractivity contribution in [1.29, 1.82) is 0 Å². The molecule has 0 radical (unpaired) electrons. The van der Waals surface area contributed by atoms with Crippen molar-refractivity contribution in [2.45, 2.75) is 71.1 Å². The zero-order chi connectivity index (χ0) is 38.1. The summed E-state index contributed by atoms with van der Waals surface area (Å²) in [5.41, 5.74) is 9.64. The maximum Gasteiger partial charge on any atom is 0.408 e. The molecule has 12 nitrogen and oxygen atoms in total. The van der Waals surface area contributed by atoms with Gasteiger partial charge in [-0.25, -0.2) is 4.79 Å². The van der Waals surface area contributed by atoms with Gasteiger partial charge in [-0.05, 0) is 88.9 Å². The number of hydrogen-bond acceptors (Lipinski definition) is 7. The lowest BCUT2D eigenvalue weighted by atomic mass is 9.98. The number of alkyl carbamates (subject to hydrolysis) is 1. The molecule has 1 aliphatic rings. The first-order valence-corrected chi connectivity index (χ1v) is 17.6. The Morgan fingerprint density at radius 3 is 2.43 bits per heavy atom. The van der Waals surface area contributed by atoms with Crippen molar-refractivity contribution in [3.8, 4) is 28.8 Å². The van der Waals surface area contributed by atoms with E-state index in [1.165, 1.54) is 0 Å². The van der Waals surface area contributed by atoms with Crippen molar-refractivity contribution in [3.05, 3.63) is 101 Å². The average Bonchev–Trinajstić information content (AvgIpc) is 3.49. The summed E-state index contributed by atoms with van der Waals surface area (Å²) >= 11 is 0. The topological polar surface area (TPSA) is 158 Å². The first-order chi connectivity index (χ1) is 25.3. The number of nitrogens with two attached hydrogens (primary N) is 1. The molecular weight excluding hydrogens is 672 g/mol. The third-order valence-electron chi connectivity index (χ3n) is 8.44. The highest BCUT2D eigenvalue weighted by molar-refractivity contribution is 5.98. The summed E-state index contributed by atoms with van der Waals surface area (Å²) in [6, 6.07) is 20.5. The predicted octanol–water partition coefficient (Wildman–Crippen LogP) is 5.12. The van der Waals surface area contributed by atoms with Crippen LogP contribution in [0.15, 0.2) is 79.0 Å². The van der Waals surface area contributed by atoms with E-state index in [4.69, 9.17) is 15.2 Å². The average molecular weight is 719 g/mol. The number of amides is 4. The number of nitrogens with one attached hydrogen (secondary N) is 2. The van der Waals surface area contributed by atoms with Crippen LogP contribution in [0.1, 0.15) is 62.3 Å². The molecule has 1 unspecified atom stereocenters. The Balaban J connectivity index is 1.30. The van der Waals surface area contributed by atoms with Gasteiger partial charge in [0.2, 0.25) is 11.8 Å². The minimum absolute atomic E-state index is 0.252. The number of hydrogen-bond donors (Lipinski definition) is 3. The third kappa shape index (κ3) is 10.7. The third-order valence-corrected chi connectivity index (χ3v) is 8.44. The molecule has 4 aromatic rings. The van der Waals surface area contributed by atoms with Gasteiger partial charge in [0.1, 0.15) is 29.1 Å². The first kappa shape index (κ1) is 38.1. The lowest BCUT2D eigenvalue weighted by Crippen LogP contribution is -2.57. The molecule has 2 atom stereocenters. The summed E-state index contributed by atoms with van der Waals surface area (Å²) < 4.78 is 12.8. The van der Waals surface area contributed by atoms with Crippen molar-refractivity contribution in [1.82, 2.24) is 20.0 Å². The van der Waals surface area contributed by atoms with Gasteiger partial charge in [-0.1, -0.05) is 53.8 Å². The van der Waals surface area contributed by atoms with Crippen LogP contribution in [0.3, 0.4) is 0 Å². The number of rotatable bonds is 10. The van der Waals surface area contributed by atoms with Gasteiger partial charge in [-0.3, -0.25) is 19.1 Å². The second-order valence-electron chi connectivity index (χ2n) is 14.1. The fourth-order valence-electron chi connectivity index (χ4n) is 6.05. The number of carbonyl (C=O) groups is 4. The van der Waals surface area contributed by atoms with Gasteiger partial charge in [-0.15, -0.1) is 0 Å². The van der Waals surface area contributed by atoms with E-state index in [1.807, 2.05) is 55.6 Å². The Labute approximate surface area is 310 Å². The Morgan fingerprint density at radius 2 is 1.74 bits per heavy atom.